The van der Waals surface area contributed by atoms with Gasteiger partial charge in [0.2, 0.25) is 21.8 Å². The van der Waals surface area contributed by atoms with E-state index in [0.29, 0.717) is 18.6 Å². The van der Waals surface area contributed by atoms with E-state index in [9.17, 15) is 18.0 Å². The molecule has 0 radical (unpaired) electrons. The summed E-state index contributed by atoms with van der Waals surface area (Å²) in [6, 6.07) is 15.0. The van der Waals surface area contributed by atoms with Crippen LogP contribution in [0.2, 0.25) is 0 Å². The number of amides is 2. The van der Waals surface area contributed by atoms with E-state index >= 15 is 0 Å². The van der Waals surface area contributed by atoms with Crippen molar-refractivity contribution in [2.75, 3.05) is 20.2 Å². The van der Waals surface area contributed by atoms with Gasteiger partial charge in [-0.15, -0.1) is 0 Å². The fourth-order valence-electron chi connectivity index (χ4n) is 4.05. The van der Waals surface area contributed by atoms with E-state index in [1.54, 1.807) is 37.4 Å². The summed E-state index contributed by atoms with van der Waals surface area (Å²) in [6.07, 6.45) is 0.817. The molecule has 2 amide bonds. The minimum atomic E-state index is -3.57. The predicted molar refractivity (Wildman–Crippen MR) is 130 cm³/mol. The van der Waals surface area contributed by atoms with Crippen LogP contribution in [0.3, 0.4) is 0 Å². The Hall–Kier alpha value is -2.91. The average molecular weight is 488 g/mol. The first kappa shape index (κ1) is 25.7. The van der Waals surface area contributed by atoms with Crippen molar-refractivity contribution in [2.24, 2.45) is 11.8 Å². The second-order valence-corrected chi connectivity index (χ2v) is 10.7. The maximum atomic E-state index is 12.9. The van der Waals surface area contributed by atoms with Crippen molar-refractivity contribution in [3.63, 3.8) is 0 Å². The fraction of sp³-hybridized carbons (Fsp3) is 0.440. The molecule has 8 nitrogen and oxygen atoms in total. The first-order valence-corrected chi connectivity index (χ1v) is 12.9. The highest BCUT2D eigenvalue weighted by molar-refractivity contribution is 7.89. The molecule has 0 saturated carbocycles. The van der Waals surface area contributed by atoms with E-state index in [2.05, 4.69) is 10.6 Å². The summed E-state index contributed by atoms with van der Waals surface area (Å²) in [5.41, 5.74) is 0.846. The second kappa shape index (κ2) is 11.5. The molecule has 0 aliphatic carbocycles. The van der Waals surface area contributed by atoms with Crippen molar-refractivity contribution in [1.82, 2.24) is 14.9 Å². The minimum absolute atomic E-state index is 0.111. The largest absolute Gasteiger partial charge is 0.496 e. The Balaban J connectivity index is 1.56. The smallest absolute Gasteiger partial charge is 0.243 e. The fourth-order valence-corrected chi connectivity index (χ4v) is 5.54. The molecule has 2 aromatic rings. The van der Waals surface area contributed by atoms with Crippen molar-refractivity contribution in [3.05, 3.63) is 60.2 Å². The lowest BCUT2D eigenvalue weighted by molar-refractivity contribution is -0.132. The maximum absolute atomic E-state index is 12.9. The van der Waals surface area contributed by atoms with E-state index in [1.165, 1.54) is 4.31 Å². The summed E-state index contributed by atoms with van der Waals surface area (Å²) in [4.78, 5) is 26.1. The second-order valence-electron chi connectivity index (χ2n) is 8.75. The van der Waals surface area contributed by atoms with Gasteiger partial charge in [0.25, 0.3) is 0 Å². The number of hydrogen-bond acceptors (Lipinski definition) is 5. The van der Waals surface area contributed by atoms with Gasteiger partial charge in [0.15, 0.2) is 0 Å². The van der Waals surface area contributed by atoms with Crippen LogP contribution in [0.15, 0.2) is 59.5 Å². The molecule has 0 spiro atoms. The van der Waals surface area contributed by atoms with Gasteiger partial charge in [-0.05, 0) is 37.0 Å². The van der Waals surface area contributed by atoms with E-state index in [1.807, 2.05) is 38.1 Å². The zero-order chi connectivity index (χ0) is 24.7. The summed E-state index contributed by atoms with van der Waals surface area (Å²) >= 11 is 0. The van der Waals surface area contributed by atoms with Gasteiger partial charge in [-0.2, -0.15) is 4.31 Å². The van der Waals surface area contributed by atoms with E-state index in [4.69, 9.17) is 4.74 Å². The number of carbonyl (C=O) groups excluding carboxylic acids is 2. The summed E-state index contributed by atoms with van der Waals surface area (Å²) in [6.45, 7) is 4.58. The van der Waals surface area contributed by atoms with Crippen molar-refractivity contribution in [2.45, 2.75) is 44.2 Å². The molecule has 1 fully saturated rings. The van der Waals surface area contributed by atoms with Crippen LogP contribution >= 0.6 is 0 Å². The number of nitrogens with zero attached hydrogens (tertiary/aromatic N) is 1. The number of rotatable bonds is 9. The summed E-state index contributed by atoms with van der Waals surface area (Å²) in [7, 11) is -2.00. The Labute approximate surface area is 201 Å². The van der Waals surface area contributed by atoms with Gasteiger partial charge in [0.05, 0.1) is 12.0 Å². The van der Waals surface area contributed by atoms with E-state index in [-0.39, 0.29) is 48.2 Å². The molecular formula is C25H33N3O5S. The molecule has 0 aromatic heterocycles. The number of ether oxygens (including phenoxy) is 1. The van der Waals surface area contributed by atoms with Crippen LogP contribution in [0.1, 0.15) is 32.3 Å². The normalized spacial score (nSPS) is 16.1. The monoisotopic (exact) mass is 487 g/mol. The summed E-state index contributed by atoms with van der Waals surface area (Å²) < 4.78 is 32.4. The highest BCUT2D eigenvalue weighted by Gasteiger charge is 2.34. The summed E-state index contributed by atoms with van der Waals surface area (Å²) in [5.74, 6) is -0.253. The van der Waals surface area contributed by atoms with Crippen LogP contribution in [0.25, 0.3) is 0 Å². The van der Waals surface area contributed by atoms with E-state index < -0.39 is 16.1 Å². The molecule has 1 heterocycles. The number of piperidine rings is 1. The van der Waals surface area contributed by atoms with Crippen LogP contribution in [0.4, 0.5) is 0 Å². The van der Waals surface area contributed by atoms with Crippen molar-refractivity contribution < 1.29 is 22.7 Å². The van der Waals surface area contributed by atoms with Gasteiger partial charge < -0.3 is 15.4 Å². The quantitative estimate of drug-likeness (QED) is 0.566. The van der Waals surface area contributed by atoms with Crippen molar-refractivity contribution in [3.8, 4) is 5.75 Å². The molecular weight excluding hydrogens is 454 g/mol. The molecule has 1 saturated heterocycles. The third kappa shape index (κ3) is 6.15. The van der Waals surface area contributed by atoms with Gasteiger partial charge in [-0.25, -0.2) is 8.42 Å². The molecule has 1 atom stereocenters. The van der Waals surface area contributed by atoms with Crippen LogP contribution < -0.4 is 15.4 Å². The van der Waals surface area contributed by atoms with Crippen molar-refractivity contribution >= 4 is 21.8 Å². The molecule has 184 valence electrons. The van der Waals surface area contributed by atoms with Crippen LogP contribution in [-0.4, -0.2) is 50.8 Å². The molecule has 1 unspecified atom stereocenters. The molecule has 0 bridgehead atoms. The van der Waals surface area contributed by atoms with Gasteiger partial charge in [0.1, 0.15) is 11.8 Å². The predicted octanol–water partition coefficient (Wildman–Crippen LogP) is 2.55. The van der Waals surface area contributed by atoms with Gasteiger partial charge in [0, 0.05) is 31.1 Å². The van der Waals surface area contributed by atoms with Crippen LogP contribution in [0, 0.1) is 11.8 Å². The molecule has 1 aliphatic rings. The first-order chi connectivity index (χ1) is 16.2. The van der Waals surface area contributed by atoms with Gasteiger partial charge >= 0.3 is 0 Å². The molecule has 34 heavy (non-hydrogen) atoms. The van der Waals surface area contributed by atoms with Gasteiger partial charge in [-0.3, -0.25) is 9.59 Å². The Morgan fingerprint density at radius 2 is 1.65 bits per heavy atom. The average Bonchev–Trinajstić information content (AvgIpc) is 2.86. The topological polar surface area (TPSA) is 105 Å². The highest BCUT2D eigenvalue weighted by Crippen LogP contribution is 2.24. The zero-order valence-corrected chi connectivity index (χ0v) is 20.7. The number of nitrogens with one attached hydrogen (secondary N) is 2. The molecule has 9 heteroatoms. The van der Waals surface area contributed by atoms with Crippen LogP contribution in [-0.2, 0) is 26.2 Å². The maximum Gasteiger partial charge on any atom is 0.243 e. The lowest BCUT2D eigenvalue weighted by Gasteiger charge is -2.32. The summed E-state index contributed by atoms with van der Waals surface area (Å²) in [5, 5.41) is 5.77. The lowest BCUT2D eigenvalue weighted by Crippen LogP contribution is -2.52. The number of methoxy groups -OCH3 is 1. The Kier molecular flexibility index (Phi) is 8.68. The highest BCUT2D eigenvalue weighted by atomic mass is 32.2. The molecule has 2 N–H and O–H groups in total. The molecule has 2 aromatic carbocycles. The zero-order valence-electron chi connectivity index (χ0n) is 19.9. The SMILES string of the molecule is COc1ccccc1CNC(=O)C(NC(=O)C1CCN(S(=O)(=O)c2ccccc2)CC1)C(C)C. The van der Waals surface area contributed by atoms with Crippen LogP contribution in [0.5, 0.6) is 5.75 Å². The lowest BCUT2D eigenvalue weighted by atomic mass is 9.95. The Morgan fingerprint density at radius 3 is 2.26 bits per heavy atom. The van der Waals surface area contributed by atoms with Gasteiger partial charge in [-0.1, -0.05) is 50.2 Å². The molecule has 1 aliphatic heterocycles. The number of hydrogen-bond donors (Lipinski definition) is 2. The van der Waals surface area contributed by atoms with E-state index in [0.717, 1.165) is 5.56 Å². The van der Waals surface area contributed by atoms with Crippen molar-refractivity contribution in [1.29, 1.82) is 0 Å². The number of carbonyl (C=O) groups is 2. The first-order valence-electron chi connectivity index (χ1n) is 11.5. The standard InChI is InChI=1S/C25H33N3O5S/c1-18(2)23(25(30)26-17-20-9-7-8-12-22(20)33-3)27-24(29)19-13-15-28(16-14-19)34(31,32)21-10-5-4-6-11-21/h4-12,18-19,23H,13-17H2,1-3H3,(H,26,30)(H,27,29). The third-order valence-electron chi connectivity index (χ3n) is 6.10. The number of benzene rings is 2. The third-order valence-corrected chi connectivity index (χ3v) is 8.01. The Morgan fingerprint density at radius 1 is 1.03 bits per heavy atom. The number of sulfonamides is 1. The number of para-hydroxylation sites is 1. The Bertz CT molecular complexity index is 1080. The molecule has 3 rings (SSSR count). The minimum Gasteiger partial charge on any atom is -0.496 e.